The number of carbonyl (C=O) groups excluding carboxylic acids is 1. The van der Waals surface area contributed by atoms with Crippen LogP contribution in [0.3, 0.4) is 0 Å². The quantitative estimate of drug-likeness (QED) is 0.410. The van der Waals surface area contributed by atoms with Crippen molar-refractivity contribution in [2.75, 3.05) is 6.61 Å². The van der Waals surface area contributed by atoms with Crippen LogP contribution in [0.1, 0.15) is 113 Å². The highest BCUT2D eigenvalue weighted by molar-refractivity contribution is 5.95. The first-order valence-corrected chi connectivity index (χ1v) is 14.8. The van der Waals surface area contributed by atoms with Crippen LogP contribution in [0.5, 0.6) is 0 Å². The van der Waals surface area contributed by atoms with Gasteiger partial charge in [0.05, 0.1) is 11.6 Å². The number of rotatable bonds is 3. The minimum absolute atomic E-state index is 0.0180. The summed E-state index contributed by atoms with van der Waals surface area (Å²) >= 11 is 0. The van der Waals surface area contributed by atoms with Crippen LogP contribution in [0.25, 0.3) is 0 Å². The Morgan fingerprint density at radius 2 is 1.70 bits per heavy atom. The van der Waals surface area contributed by atoms with Gasteiger partial charge in [-0.2, -0.15) is 5.26 Å². The Morgan fingerprint density at radius 1 is 1.03 bits per heavy atom. The molecule has 0 spiro atoms. The third kappa shape index (κ3) is 3.44. The Hall–Kier alpha value is -1.60. The van der Waals surface area contributed by atoms with Crippen molar-refractivity contribution in [2.45, 2.75) is 113 Å². The molecule has 0 radical (unpaired) electrons. The van der Waals surface area contributed by atoms with Crippen LogP contribution in [0.4, 0.5) is 0 Å². The molecule has 0 saturated heterocycles. The first-order chi connectivity index (χ1) is 17.1. The third-order valence-electron chi connectivity index (χ3n) is 13.1. The number of hydrogen-bond donors (Lipinski definition) is 2. The average molecular weight is 508 g/mol. The Labute approximate surface area is 224 Å². The van der Waals surface area contributed by atoms with E-state index < -0.39 is 5.41 Å². The van der Waals surface area contributed by atoms with Crippen molar-refractivity contribution < 1.29 is 15.0 Å². The number of allylic oxidation sites excluding steroid dienone is 4. The van der Waals surface area contributed by atoms with Gasteiger partial charge < -0.3 is 10.2 Å². The zero-order valence-electron chi connectivity index (χ0n) is 24.3. The van der Waals surface area contributed by atoms with E-state index in [2.05, 4.69) is 60.6 Å². The molecule has 204 valence electrons. The maximum atomic E-state index is 14.5. The summed E-state index contributed by atoms with van der Waals surface area (Å²) < 4.78 is 0. The Bertz CT molecular complexity index is 1110. The van der Waals surface area contributed by atoms with Crippen molar-refractivity contribution in [1.29, 1.82) is 5.26 Å². The lowest BCUT2D eigenvalue weighted by Gasteiger charge is -2.70. The fraction of sp³-hybridized carbons (Fsp3) is 0.818. The van der Waals surface area contributed by atoms with Gasteiger partial charge in [0.1, 0.15) is 5.76 Å². The van der Waals surface area contributed by atoms with E-state index in [4.69, 9.17) is 0 Å². The van der Waals surface area contributed by atoms with Gasteiger partial charge in [0, 0.05) is 17.9 Å². The van der Waals surface area contributed by atoms with Crippen LogP contribution in [0, 0.1) is 61.6 Å². The molecule has 0 aromatic rings. The van der Waals surface area contributed by atoms with Gasteiger partial charge in [0.2, 0.25) is 0 Å². The molecule has 0 aromatic carbocycles. The summed E-state index contributed by atoms with van der Waals surface area (Å²) in [5, 5.41) is 30.7. The lowest BCUT2D eigenvalue weighted by Crippen LogP contribution is -2.64. The van der Waals surface area contributed by atoms with E-state index in [1.54, 1.807) is 0 Å². The smallest absolute Gasteiger partial charge is 0.159 e. The summed E-state index contributed by atoms with van der Waals surface area (Å²) in [4.78, 5) is 14.5. The largest absolute Gasteiger partial charge is 0.511 e. The number of nitriles is 1. The van der Waals surface area contributed by atoms with Crippen LogP contribution in [0.15, 0.2) is 23.0 Å². The molecule has 2 unspecified atom stereocenters. The van der Waals surface area contributed by atoms with Crippen molar-refractivity contribution in [1.82, 2.24) is 0 Å². The van der Waals surface area contributed by atoms with Gasteiger partial charge in [-0.3, -0.25) is 4.79 Å². The summed E-state index contributed by atoms with van der Waals surface area (Å²) in [6.07, 6.45) is 12.1. The number of nitrogens with zero attached hydrogens (tertiary/aromatic N) is 1. The zero-order valence-corrected chi connectivity index (χ0v) is 24.3. The molecule has 5 aliphatic rings. The van der Waals surface area contributed by atoms with Gasteiger partial charge in [0.15, 0.2) is 5.78 Å². The molecule has 2 N–H and O–H groups in total. The first kappa shape index (κ1) is 27.0. The van der Waals surface area contributed by atoms with Gasteiger partial charge in [-0.1, -0.05) is 54.0 Å². The van der Waals surface area contributed by atoms with Crippen LogP contribution >= 0.6 is 0 Å². The molecule has 0 aliphatic heterocycles. The maximum absolute atomic E-state index is 14.5. The van der Waals surface area contributed by atoms with E-state index in [-0.39, 0.29) is 51.3 Å². The molecule has 4 nitrogen and oxygen atoms in total. The van der Waals surface area contributed by atoms with Gasteiger partial charge in [-0.05, 0) is 109 Å². The van der Waals surface area contributed by atoms with E-state index in [0.29, 0.717) is 23.7 Å². The molecule has 4 heteroatoms. The number of ketones is 1. The average Bonchev–Trinajstić information content (AvgIpc) is 2.82. The molecule has 7 atom stereocenters. The Balaban J connectivity index is 1.65. The third-order valence-corrected chi connectivity index (χ3v) is 13.1. The van der Waals surface area contributed by atoms with E-state index in [1.807, 2.05) is 0 Å². The number of fused-ring (bicyclic) bond motifs is 7. The fourth-order valence-corrected chi connectivity index (χ4v) is 10.9. The SMILES string of the molecule is CC1(C)CC[C@]2(CCCO)CC[C@]3(C)C(C(=O)C=C4[C@@]5(C)CC(C#N)=C(O)C(C)(C)[C@@H]5CC[C@]43C)C2C1. The van der Waals surface area contributed by atoms with Crippen LogP contribution in [0.2, 0.25) is 0 Å². The number of aliphatic hydroxyl groups excluding tert-OH is 2. The molecule has 5 aliphatic carbocycles. The standard InChI is InChI=1S/C33H49NO3/c1-28(2)12-14-33(10-8-16-35)15-13-32(7)26(22(33)19-28)23(36)17-25-30(5)18-21(20-34)27(37)29(3,4)24(30)9-11-31(25,32)6/h17,22,24,26,35,37H,8-16,18-19H2,1-7H3/t22?,24-,26?,30-,31+,32+,33+/m0/s1. The molecule has 0 bridgehead atoms. The predicted octanol–water partition coefficient (Wildman–Crippen LogP) is 7.69. The second-order valence-corrected chi connectivity index (χ2v) is 15.7. The fourth-order valence-electron chi connectivity index (χ4n) is 10.9. The second-order valence-electron chi connectivity index (χ2n) is 15.7. The van der Waals surface area contributed by atoms with Crippen molar-refractivity contribution in [2.24, 2.45) is 50.2 Å². The van der Waals surface area contributed by atoms with Gasteiger partial charge in [-0.25, -0.2) is 0 Å². The lowest BCUT2D eigenvalue weighted by molar-refractivity contribution is -0.174. The van der Waals surface area contributed by atoms with Crippen molar-refractivity contribution in [3.05, 3.63) is 23.0 Å². The number of hydrogen-bond acceptors (Lipinski definition) is 4. The topological polar surface area (TPSA) is 81.3 Å². The van der Waals surface area contributed by atoms with Gasteiger partial charge in [-0.15, -0.1) is 0 Å². The van der Waals surface area contributed by atoms with E-state index >= 15 is 0 Å². The Kier molecular flexibility index (Phi) is 5.98. The lowest BCUT2D eigenvalue weighted by atomic mass is 9.34. The molecule has 0 aromatic heterocycles. The highest BCUT2D eigenvalue weighted by Crippen LogP contribution is 2.75. The second kappa shape index (κ2) is 8.20. The van der Waals surface area contributed by atoms with Crippen LogP contribution in [-0.4, -0.2) is 22.6 Å². The maximum Gasteiger partial charge on any atom is 0.159 e. The molecule has 37 heavy (non-hydrogen) atoms. The summed E-state index contributed by atoms with van der Waals surface area (Å²) in [7, 11) is 0. The first-order valence-electron chi connectivity index (χ1n) is 14.8. The minimum Gasteiger partial charge on any atom is -0.511 e. The van der Waals surface area contributed by atoms with Crippen molar-refractivity contribution in [3.8, 4) is 6.07 Å². The highest BCUT2D eigenvalue weighted by Gasteiger charge is 2.69. The van der Waals surface area contributed by atoms with Crippen LogP contribution in [-0.2, 0) is 4.79 Å². The summed E-state index contributed by atoms with van der Waals surface area (Å²) in [6, 6.07) is 2.32. The highest BCUT2D eigenvalue weighted by atomic mass is 16.3. The molecule has 3 saturated carbocycles. The zero-order chi connectivity index (χ0) is 27.2. The molecular weight excluding hydrogens is 458 g/mol. The van der Waals surface area contributed by atoms with Crippen molar-refractivity contribution >= 4 is 5.78 Å². The van der Waals surface area contributed by atoms with Crippen LogP contribution < -0.4 is 0 Å². The monoisotopic (exact) mass is 507 g/mol. The predicted molar refractivity (Wildman–Crippen MR) is 146 cm³/mol. The molecular formula is C33H49NO3. The van der Waals surface area contributed by atoms with Gasteiger partial charge >= 0.3 is 0 Å². The van der Waals surface area contributed by atoms with Gasteiger partial charge in [0.25, 0.3) is 0 Å². The Morgan fingerprint density at radius 3 is 2.35 bits per heavy atom. The molecule has 5 rings (SSSR count). The molecule has 3 fully saturated rings. The van der Waals surface area contributed by atoms with E-state index in [9.17, 15) is 20.3 Å². The summed E-state index contributed by atoms with van der Waals surface area (Å²) in [6.45, 7) is 16.3. The molecule has 0 heterocycles. The van der Waals surface area contributed by atoms with Crippen molar-refractivity contribution in [3.63, 3.8) is 0 Å². The number of carbonyl (C=O) groups is 1. The minimum atomic E-state index is -0.486. The number of aliphatic hydroxyl groups is 2. The molecule has 0 amide bonds. The summed E-state index contributed by atoms with van der Waals surface area (Å²) in [5.74, 6) is 1.14. The van der Waals surface area contributed by atoms with E-state index in [1.165, 1.54) is 18.4 Å². The summed E-state index contributed by atoms with van der Waals surface area (Å²) in [5.41, 5.74) is 1.12. The normalized spacial score (nSPS) is 46.1. The van der Waals surface area contributed by atoms with E-state index in [0.717, 1.165) is 44.9 Å².